The van der Waals surface area contributed by atoms with E-state index in [1.54, 1.807) is 0 Å². The van der Waals surface area contributed by atoms with Gasteiger partial charge in [-0.1, -0.05) is 13.8 Å². The maximum atomic E-state index is 11.9. The molecular weight excluding hydrogens is 218 g/mol. The standard InChI is InChI=1S/C12H15N3O2/c1-7(2)9-5-11-13-12(16)8-6-17-4-3-10(8)15(11)14-9/h5,7H,3-4,6H2,1-2H3,(H,13,16). The Hall–Kier alpha value is -1.62. The van der Waals surface area contributed by atoms with Crippen LogP contribution in [0.1, 0.15) is 36.7 Å². The van der Waals surface area contributed by atoms with E-state index in [-0.39, 0.29) is 5.56 Å². The minimum atomic E-state index is -0.0533. The molecule has 0 aliphatic carbocycles. The number of rotatable bonds is 1. The fourth-order valence-electron chi connectivity index (χ4n) is 2.18. The molecule has 5 heteroatoms. The van der Waals surface area contributed by atoms with Crippen molar-refractivity contribution < 1.29 is 4.74 Å². The van der Waals surface area contributed by atoms with Gasteiger partial charge in [0.15, 0.2) is 0 Å². The minimum absolute atomic E-state index is 0.0533. The van der Waals surface area contributed by atoms with E-state index < -0.39 is 0 Å². The topological polar surface area (TPSA) is 59.4 Å². The second-order valence-electron chi connectivity index (χ2n) is 4.70. The molecule has 0 aromatic carbocycles. The molecule has 17 heavy (non-hydrogen) atoms. The highest BCUT2D eigenvalue weighted by Gasteiger charge is 2.18. The molecule has 0 amide bonds. The number of aromatic nitrogens is 3. The molecule has 2 aromatic rings. The number of nitrogens with zero attached hydrogens (tertiary/aromatic N) is 2. The molecule has 0 unspecified atom stereocenters. The number of hydrogen-bond donors (Lipinski definition) is 1. The number of aromatic amines is 1. The van der Waals surface area contributed by atoms with Crippen LogP contribution in [0.3, 0.4) is 0 Å². The third-order valence-corrected chi connectivity index (χ3v) is 3.17. The molecule has 2 aromatic heterocycles. The second kappa shape index (κ2) is 3.70. The Morgan fingerprint density at radius 2 is 2.35 bits per heavy atom. The predicted octanol–water partition coefficient (Wildman–Crippen LogP) is 1.22. The van der Waals surface area contributed by atoms with E-state index >= 15 is 0 Å². The van der Waals surface area contributed by atoms with Crippen LogP contribution in [0.4, 0.5) is 0 Å². The molecule has 0 spiro atoms. The molecule has 0 saturated carbocycles. The van der Waals surface area contributed by atoms with Crippen molar-refractivity contribution in [3.63, 3.8) is 0 Å². The van der Waals surface area contributed by atoms with Gasteiger partial charge in [0.25, 0.3) is 5.56 Å². The molecular formula is C12H15N3O2. The summed E-state index contributed by atoms with van der Waals surface area (Å²) in [7, 11) is 0. The van der Waals surface area contributed by atoms with E-state index in [1.807, 2.05) is 10.6 Å². The minimum Gasteiger partial charge on any atom is -0.376 e. The lowest BCUT2D eigenvalue weighted by Crippen LogP contribution is -2.25. The molecule has 0 radical (unpaired) electrons. The first-order chi connectivity index (χ1) is 8.16. The Morgan fingerprint density at radius 3 is 3.12 bits per heavy atom. The van der Waals surface area contributed by atoms with E-state index in [2.05, 4.69) is 23.9 Å². The largest absolute Gasteiger partial charge is 0.376 e. The lowest BCUT2D eigenvalue weighted by atomic mass is 10.1. The first-order valence-electron chi connectivity index (χ1n) is 5.88. The fraction of sp³-hybridized carbons (Fsp3) is 0.500. The van der Waals surface area contributed by atoms with Crippen molar-refractivity contribution in [3.05, 3.63) is 33.4 Å². The number of fused-ring (bicyclic) bond motifs is 3. The first-order valence-corrected chi connectivity index (χ1v) is 5.88. The van der Waals surface area contributed by atoms with Gasteiger partial charge in [0, 0.05) is 12.5 Å². The molecule has 0 fully saturated rings. The number of nitrogens with one attached hydrogen (secondary N) is 1. The normalized spacial score (nSPS) is 15.5. The van der Waals surface area contributed by atoms with Gasteiger partial charge >= 0.3 is 0 Å². The lowest BCUT2D eigenvalue weighted by molar-refractivity contribution is 0.107. The highest BCUT2D eigenvalue weighted by atomic mass is 16.5. The van der Waals surface area contributed by atoms with Gasteiger partial charge in [-0.15, -0.1) is 0 Å². The highest BCUT2D eigenvalue weighted by molar-refractivity contribution is 5.43. The zero-order valence-electron chi connectivity index (χ0n) is 9.99. The quantitative estimate of drug-likeness (QED) is 0.805. The fourth-order valence-corrected chi connectivity index (χ4v) is 2.18. The Kier molecular flexibility index (Phi) is 2.29. The van der Waals surface area contributed by atoms with Gasteiger partial charge in [0.05, 0.1) is 30.2 Å². The average molecular weight is 233 g/mol. The van der Waals surface area contributed by atoms with Crippen LogP contribution in [0.15, 0.2) is 10.9 Å². The van der Waals surface area contributed by atoms with Crippen LogP contribution >= 0.6 is 0 Å². The SMILES string of the molecule is CC(C)c1cc2[nH]c(=O)c3c(n2n1)CCOC3. The molecule has 3 rings (SSSR count). The summed E-state index contributed by atoms with van der Waals surface area (Å²) in [6.45, 7) is 5.23. The van der Waals surface area contributed by atoms with Crippen molar-refractivity contribution in [1.29, 1.82) is 0 Å². The van der Waals surface area contributed by atoms with Gasteiger partial charge < -0.3 is 9.72 Å². The number of hydrogen-bond acceptors (Lipinski definition) is 3. The zero-order chi connectivity index (χ0) is 12.0. The molecule has 90 valence electrons. The van der Waals surface area contributed by atoms with Crippen LogP contribution in [0, 0.1) is 0 Å². The van der Waals surface area contributed by atoms with Crippen LogP contribution in [-0.2, 0) is 17.8 Å². The third kappa shape index (κ3) is 1.58. The van der Waals surface area contributed by atoms with Crippen molar-refractivity contribution in [1.82, 2.24) is 14.6 Å². The zero-order valence-corrected chi connectivity index (χ0v) is 9.99. The van der Waals surface area contributed by atoms with Gasteiger partial charge in [-0.25, -0.2) is 4.52 Å². The Morgan fingerprint density at radius 1 is 1.53 bits per heavy atom. The lowest BCUT2D eigenvalue weighted by Gasteiger charge is -2.16. The average Bonchev–Trinajstić information content (AvgIpc) is 2.73. The van der Waals surface area contributed by atoms with Crippen LogP contribution in [0.25, 0.3) is 5.65 Å². The van der Waals surface area contributed by atoms with E-state index in [0.29, 0.717) is 24.7 Å². The molecule has 1 aliphatic rings. The summed E-state index contributed by atoms with van der Waals surface area (Å²) in [5, 5.41) is 4.56. The molecule has 0 saturated heterocycles. The Bertz CT molecular complexity index is 624. The summed E-state index contributed by atoms with van der Waals surface area (Å²) in [6, 6.07) is 1.95. The van der Waals surface area contributed by atoms with Crippen LogP contribution in [-0.4, -0.2) is 21.2 Å². The predicted molar refractivity (Wildman–Crippen MR) is 63.3 cm³/mol. The van der Waals surface area contributed by atoms with Crippen molar-refractivity contribution in [3.8, 4) is 0 Å². The van der Waals surface area contributed by atoms with Crippen LogP contribution < -0.4 is 5.56 Å². The van der Waals surface area contributed by atoms with Gasteiger partial charge in [-0.3, -0.25) is 4.79 Å². The van der Waals surface area contributed by atoms with Crippen molar-refractivity contribution in [2.45, 2.75) is 32.8 Å². The van der Waals surface area contributed by atoms with Gasteiger partial charge in [-0.05, 0) is 5.92 Å². The molecule has 5 nitrogen and oxygen atoms in total. The third-order valence-electron chi connectivity index (χ3n) is 3.17. The highest BCUT2D eigenvalue weighted by Crippen LogP contribution is 2.18. The van der Waals surface area contributed by atoms with E-state index in [4.69, 9.17) is 4.74 Å². The van der Waals surface area contributed by atoms with Crippen LogP contribution in [0.5, 0.6) is 0 Å². The first kappa shape index (κ1) is 10.5. The molecule has 0 atom stereocenters. The number of H-pyrrole nitrogens is 1. The molecule has 1 aliphatic heterocycles. The molecule has 3 heterocycles. The van der Waals surface area contributed by atoms with Crippen LogP contribution in [0.2, 0.25) is 0 Å². The van der Waals surface area contributed by atoms with Gasteiger partial charge in [-0.2, -0.15) is 5.10 Å². The summed E-state index contributed by atoms with van der Waals surface area (Å²) in [5.41, 5.74) is 3.42. The summed E-state index contributed by atoms with van der Waals surface area (Å²) >= 11 is 0. The summed E-state index contributed by atoms with van der Waals surface area (Å²) < 4.78 is 7.17. The van der Waals surface area contributed by atoms with Crippen molar-refractivity contribution in [2.24, 2.45) is 0 Å². The second-order valence-corrected chi connectivity index (χ2v) is 4.70. The maximum absolute atomic E-state index is 11.9. The summed E-state index contributed by atoms with van der Waals surface area (Å²) in [5.74, 6) is 0.355. The van der Waals surface area contributed by atoms with E-state index in [0.717, 1.165) is 23.5 Å². The number of ether oxygens (including phenoxy) is 1. The molecule has 0 bridgehead atoms. The monoisotopic (exact) mass is 233 g/mol. The van der Waals surface area contributed by atoms with Crippen molar-refractivity contribution >= 4 is 5.65 Å². The molecule has 1 N–H and O–H groups in total. The Labute approximate surface area is 98.4 Å². The summed E-state index contributed by atoms with van der Waals surface area (Å²) in [6.07, 6.45) is 0.745. The van der Waals surface area contributed by atoms with Crippen molar-refractivity contribution in [2.75, 3.05) is 6.61 Å². The van der Waals surface area contributed by atoms with Gasteiger partial charge in [0.1, 0.15) is 5.65 Å². The van der Waals surface area contributed by atoms with E-state index in [1.165, 1.54) is 0 Å². The van der Waals surface area contributed by atoms with E-state index in [9.17, 15) is 4.79 Å². The summed E-state index contributed by atoms with van der Waals surface area (Å²) in [4.78, 5) is 14.7. The Balaban J connectivity index is 2.32. The maximum Gasteiger partial charge on any atom is 0.256 e. The van der Waals surface area contributed by atoms with Gasteiger partial charge in [0.2, 0.25) is 0 Å². The smallest absolute Gasteiger partial charge is 0.256 e.